The van der Waals surface area contributed by atoms with Crippen molar-refractivity contribution in [2.75, 3.05) is 133 Å². The minimum absolute atomic E-state index is 0.0376. The fourth-order valence-electron chi connectivity index (χ4n) is 13.5. The lowest BCUT2D eigenvalue weighted by Gasteiger charge is -2.16. The lowest BCUT2D eigenvalue weighted by atomic mass is 10.1. The summed E-state index contributed by atoms with van der Waals surface area (Å²) in [4.78, 5) is 88.3. The third-order valence-electron chi connectivity index (χ3n) is 19.2. The molecule has 13 rings (SSSR count). The monoisotopic (exact) mass is 1850 g/mol. The van der Waals surface area contributed by atoms with Gasteiger partial charge in [0.15, 0.2) is 0 Å². The fourth-order valence-corrected chi connectivity index (χ4v) is 15.8. The summed E-state index contributed by atoms with van der Waals surface area (Å²) in [6.45, 7) is 5.21. The number of aryl methyl sites for hydroxylation is 5. The van der Waals surface area contributed by atoms with E-state index in [1.807, 2.05) is 117 Å². The number of benzene rings is 7. The number of hydrogen-bond acceptors (Lipinski definition) is 16. The molecular weight excluding hydrogens is 1750 g/mol. The zero-order valence-corrected chi connectivity index (χ0v) is 76.4. The quantitative estimate of drug-likeness (QED) is 0.0363. The van der Waals surface area contributed by atoms with E-state index in [-0.39, 0.29) is 11.3 Å². The molecule has 622 valence electrons. The maximum atomic E-state index is 12.4. The van der Waals surface area contributed by atoms with Gasteiger partial charge in [0.2, 0.25) is 0 Å². The van der Waals surface area contributed by atoms with Gasteiger partial charge in [0, 0.05) is 172 Å². The molecule has 0 radical (unpaired) electrons. The number of aromatic hydroxyl groups is 1. The zero-order chi connectivity index (χ0) is 86.3. The van der Waals surface area contributed by atoms with Crippen LogP contribution in [0.15, 0.2) is 164 Å². The second kappa shape index (κ2) is 41.2. The summed E-state index contributed by atoms with van der Waals surface area (Å²) >= 11 is 13.9. The number of ether oxygens (including phenoxy) is 5. The van der Waals surface area contributed by atoms with E-state index in [9.17, 15) is 39.0 Å². The predicted octanol–water partition coefficient (Wildman–Crippen LogP) is 15.3. The molecule has 1 unspecified atom stereocenters. The molecule has 0 bridgehead atoms. The number of methoxy groups -OCH3 is 4. The third kappa shape index (κ3) is 21.6. The molecule has 29 heteroatoms. The van der Waals surface area contributed by atoms with E-state index in [2.05, 4.69) is 166 Å². The second-order valence-corrected chi connectivity index (χ2v) is 32.7. The Kier molecular flexibility index (Phi) is 32.5. The summed E-state index contributed by atoms with van der Waals surface area (Å²) < 4.78 is 39.5. The van der Waals surface area contributed by atoms with Crippen molar-refractivity contribution >= 4 is 164 Å². The van der Waals surface area contributed by atoms with E-state index in [1.54, 1.807) is 84.7 Å². The minimum Gasteiger partial charge on any atom is -0.507 e. The Bertz CT molecular complexity index is 5630. The van der Waals surface area contributed by atoms with Gasteiger partial charge in [0.05, 0.1) is 95.0 Å². The molecule has 1 atom stereocenters. The first kappa shape index (κ1) is 92.3. The van der Waals surface area contributed by atoms with Crippen LogP contribution in [0, 0.1) is 6.92 Å². The highest BCUT2D eigenvalue weighted by Crippen LogP contribution is 2.41. The average Bonchev–Trinajstić information content (AvgIpc) is 1.57. The van der Waals surface area contributed by atoms with Gasteiger partial charge in [0.25, 0.3) is 35.1 Å². The smallest absolute Gasteiger partial charge is 0.294 e. The molecule has 0 aliphatic carbocycles. The number of rotatable bonds is 22. The minimum atomic E-state index is -0.653. The highest BCUT2D eigenvalue weighted by Gasteiger charge is 2.29. The molecule has 6 aromatic heterocycles. The largest absolute Gasteiger partial charge is 0.507 e. The van der Waals surface area contributed by atoms with E-state index < -0.39 is 41.2 Å². The van der Waals surface area contributed by atoms with E-state index in [4.69, 9.17) is 23.7 Å². The number of aliphatic hydroxyl groups excluding tert-OH is 1. The number of carbonyl (C=O) groups is 6. The molecule has 0 aliphatic heterocycles. The van der Waals surface area contributed by atoms with Gasteiger partial charge in [-0.3, -0.25) is 28.8 Å². The Balaban J connectivity index is 0.000000176. The number of aliphatic hydroxyl groups is 1. The summed E-state index contributed by atoms with van der Waals surface area (Å²) in [5.74, 6) is 0.317. The molecule has 0 saturated heterocycles. The fraction of sp³-hybridized carbons (Fsp3) is 0.318. The Morgan fingerprint density at radius 2 is 0.846 bits per heavy atom. The highest BCUT2D eigenvalue weighted by molar-refractivity contribution is 9.11. The predicted molar refractivity (Wildman–Crippen MR) is 480 cm³/mol. The molecule has 4 N–H and O–H groups in total. The van der Waals surface area contributed by atoms with Crippen LogP contribution in [0.4, 0.5) is 0 Å². The van der Waals surface area contributed by atoms with Gasteiger partial charge in [0.1, 0.15) is 41.1 Å². The SMILES string of the molecule is CN(C)C(=O)C(=O)c1c[nH]c2c(Br)ccc(O)c12.CN(C)C(=O)C(=O)c1c[nH]c2cccc(OCc3ccccc3)c12.COc1ccc(Br)c2c1c(C(=O)C(=O)N(C)C)cn2C.COc1ccc(Br)c2c1c(C(O)CN(C)C)cn2C.COc1ccc(Br)c2c1c(CCN(C)C)cn2C.COc1ccc(C)c2c1c(CCN(C)C)cn2C. The molecule has 0 aliphatic rings. The van der Waals surface area contributed by atoms with Crippen LogP contribution in [0.5, 0.6) is 34.5 Å². The summed E-state index contributed by atoms with van der Waals surface area (Å²) in [7, 11) is 36.2. The maximum absolute atomic E-state index is 12.4. The first-order valence-electron chi connectivity index (χ1n) is 37.1. The maximum Gasteiger partial charge on any atom is 0.294 e. The van der Waals surface area contributed by atoms with Crippen LogP contribution < -0.4 is 23.7 Å². The van der Waals surface area contributed by atoms with Crippen molar-refractivity contribution in [2.24, 2.45) is 28.2 Å². The second-order valence-electron chi connectivity index (χ2n) is 29.3. The van der Waals surface area contributed by atoms with Crippen LogP contribution in [-0.2, 0) is 62.0 Å². The number of halogens is 4. The molecular formula is C88H104Br4N12O13. The Morgan fingerprint density at radius 1 is 0.427 bits per heavy atom. The average molecular weight is 1860 g/mol. The van der Waals surface area contributed by atoms with Gasteiger partial charge in [-0.05, 0) is 215 Å². The van der Waals surface area contributed by atoms with E-state index in [0.29, 0.717) is 61.9 Å². The van der Waals surface area contributed by atoms with Gasteiger partial charge in [-0.25, -0.2) is 0 Å². The summed E-state index contributed by atoms with van der Waals surface area (Å²) in [5.41, 5.74) is 12.4. The Labute approximate surface area is 716 Å². The van der Waals surface area contributed by atoms with Crippen molar-refractivity contribution in [3.05, 3.63) is 209 Å². The number of carbonyl (C=O) groups excluding carboxylic acids is 6. The first-order chi connectivity index (χ1) is 55.4. The Morgan fingerprint density at radius 3 is 1.34 bits per heavy atom. The molecule has 0 fully saturated rings. The van der Waals surface area contributed by atoms with Crippen molar-refractivity contribution in [2.45, 2.75) is 32.5 Å². The van der Waals surface area contributed by atoms with Crippen molar-refractivity contribution in [3.63, 3.8) is 0 Å². The van der Waals surface area contributed by atoms with Crippen molar-refractivity contribution in [1.82, 2.24) is 57.6 Å². The number of H-pyrrole nitrogens is 2. The summed E-state index contributed by atoms with van der Waals surface area (Å²) in [5, 5.41) is 25.3. The molecule has 6 heterocycles. The van der Waals surface area contributed by atoms with Gasteiger partial charge < -0.3 is 91.5 Å². The zero-order valence-electron chi connectivity index (χ0n) is 70.0. The topological polar surface area (TPSA) is 260 Å². The third-order valence-corrected chi connectivity index (χ3v) is 21.8. The highest BCUT2D eigenvalue weighted by atomic mass is 79.9. The van der Waals surface area contributed by atoms with E-state index >= 15 is 0 Å². The molecule has 117 heavy (non-hydrogen) atoms. The van der Waals surface area contributed by atoms with Gasteiger partial charge in [-0.2, -0.15) is 0 Å². The molecule has 0 saturated carbocycles. The molecule has 7 aromatic carbocycles. The number of aromatic amines is 2. The number of nitrogens with one attached hydrogen (secondary N) is 2. The first-order valence-corrected chi connectivity index (χ1v) is 40.3. The van der Waals surface area contributed by atoms with Crippen molar-refractivity contribution in [1.29, 1.82) is 0 Å². The van der Waals surface area contributed by atoms with Gasteiger partial charge >= 0.3 is 0 Å². The van der Waals surface area contributed by atoms with E-state index in [0.717, 1.165) is 89.7 Å². The van der Waals surface area contributed by atoms with Gasteiger partial charge in [-0.1, -0.05) is 42.5 Å². The number of hydrogen-bond donors (Lipinski definition) is 4. The summed E-state index contributed by atoms with van der Waals surface area (Å²) in [6, 6.07) is 34.1. The van der Waals surface area contributed by atoms with Gasteiger partial charge in [-0.15, -0.1) is 0 Å². The summed E-state index contributed by atoms with van der Waals surface area (Å²) in [6.07, 6.45) is 12.6. The number of amides is 3. The Hall–Kier alpha value is -10.2. The molecule has 0 spiro atoms. The molecule has 25 nitrogen and oxygen atoms in total. The number of fused-ring (bicyclic) bond motifs is 6. The van der Waals surface area contributed by atoms with Crippen LogP contribution in [0.3, 0.4) is 0 Å². The number of likely N-dealkylation sites (N-methyl/N-ethyl adjacent to an activating group) is 6. The number of Topliss-reactive ketones (excluding diaryl/α,β-unsaturated/α-hetero) is 3. The van der Waals surface area contributed by atoms with Crippen LogP contribution in [0.1, 0.15) is 65.0 Å². The van der Waals surface area contributed by atoms with Crippen LogP contribution in [-0.4, -0.2) is 236 Å². The standard InChI is InChI=1S/C19H18N2O3.C15H22N2O.C14H15BrN2O3.C14H19BrN2O2.C14H19BrN2O.C12H11BrN2O3/c1-21(2)19(23)18(22)14-11-20-15-9-6-10-16(17(14)15)24-12-13-7-4-3-5-8-13;1-11-6-7-13(18-5)14-12(8-9-16(2)3)10-17(4)15(11)14;1-16(2)14(19)13(18)8-7-17(3)12-9(15)5-6-10(20-4)11(8)12;1-16(2)8-11(18)9-7-17(3)14-10(15)5-6-12(19-4)13(9)14;1-16(2)8-7-10-9-17(3)14-11(15)5-6-12(18-4)13(10)14;1-15(2)12(18)11(17)6-5-14-10-7(13)3-4-8(16)9(6)10/h3-11,20H,12H2,1-2H3;6-7,10H,8-9H2,1-5H3;5-7H,1-4H3;5-7,11,18H,8H2,1-4H3;5-6,9H,7-8H2,1-4H3;3-5,14,16H,1-2H3. The lowest BCUT2D eigenvalue weighted by molar-refractivity contribution is -0.124. The molecule has 3 amide bonds. The van der Waals surface area contributed by atoms with Crippen LogP contribution in [0.2, 0.25) is 0 Å². The number of nitrogens with zero attached hydrogens (tertiary/aromatic N) is 10. The van der Waals surface area contributed by atoms with E-state index in [1.165, 1.54) is 86.7 Å². The van der Waals surface area contributed by atoms with Crippen LogP contribution >= 0.6 is 63.7 Å². The van der Waals surface area contributed by atoms with Crippen molar-refractivity contribution < 1.29 is 62.7 Å². The van der Waals surface area contributed by atoms with Crippen LogP contribution in [0.25, 0.3) is 65.4 Å². The number of phenolic OH excluding ortho intramolecular Hbond substituents is 1. The number of ketones is 3. The lowest BCUT2D eigenvalue weighted by Crippen LogP contribution is -2.29. The number of phenols is 1. The van der Waals surface area contributed by atoms with Crippen molar-refractivity contribution in [3.8, 4) is 34.5 Å². The normalized spacial score (nSPS) is 11.3. The number of aromatic nitrogens is 6. The molecule has 13 aromatic rings.